The predicted octanol–water partition coefficient (Wildman–Crippen LogP) is 0.442. The van der Waals surface area contributed by atoms with Crippen molar-refractivity contribution in [3.63, 3.8) is 0 Å². The minimum Gasteiger partial charge on any atom is -0.464 e. The first-order valence-corrected chi connectivity index (χ1v) is 4.37. The van der Waals surface area contributed by atoms with E-state index in [9.17, 15) is 4.79 Å². The zero-order chi connectivity index (χ0) is 9.68. The Morgan fingerprint density at radius 1 is 1.69 bits per heavy atom. The summed E-state index contributed by atoms with van der Waals surface area (Å²) in [5.74, 6) is -0.325. The molecule has 0 spiro atoms. The van der Waals surface area contributed by atoms with Gasteiger partial charge in [0.25, 0.3) is 0 Å². The second kappa shape index (κ2) is 4.87. The third-order valence-corrected chi connectivity index (χ3v) is 1.98. The maximum absolute atomic E-state index is 11.1. The van der Waals surface area contributed by atoms with Gasteiger partial charge >= 0.3 is 5.97 Å². The minimum absolute atomic E-state index is 0.241. The molecule has 0 aliphatic carbocycles. The van der Waals surface area contributed by atoms with E-state index in [-0.39, 0.29) is 12.0 Å². The van der Waals surface area contributed by atoms with E-state index in [2.05, 4.69) is 10.1 Å². The van der Waals surface area contributed by atoms with E-state index >= 15 is 0 Å². The number of hydrogen-bond acceptors (Lipinski definition) is 4. The lowest BCUT2D eigenvalue weighted by Gasteiger charge is -2.13. The summed E-state index contributed by atoms with van der Waals surface area (Å²) >= 11 is 0. The highest BCUT2D eigenvalue weighted by Crippen LogP contribution is 2.06. The Labute approximate surface area is 77.9 Å². The van der Waals surface area contributed by atoms with Crippen molar-refractivity contribution >= 4 is 5.97 Å². The van der Waals surface area contributed by atoms with Gasteiger partial charge < -0.3 is 14.8 Å². The Hall–Kier alpha value is -1.03. The molecule has 1 fully saturated rings. The molecule has 0 bridgehead atoms. The van der Waals surface area contributed by atoms with E-state index < -0.39 is 0 Å². The molecule has 1 aliphatic heterocycles. The molecule has 1 unspecified atom stereocenters. The molecule has 0 saturated carbocycles. The second-order valence-electron chi connectivity index (χ2n) is 2.90. The van der Waals surface area contributed by atoms with Crippen LogP contribution in [-0.2, 0) is 14.3 Å². The summed E-state index contributed by atoms with van der Waals surface area (Å²) in [6, 6.07) is 0.241. The van der Waals surface area contributed by atoms with Gasteiger partial charge in [0.1, 0.15) is 5.70 Å². The van der Waals surface area contributed by atoms with Crippen LogP contribution in [0.2, 0.25) is 0 Å². The molecule has 0 amide bonds. The van der Waals surface area contributed by atoms with E-state index in [4.69, 9.17) is 4.74 Å². The van der Waals surface area contributed by atoms with E-state index in [0.717, 1.165) is 13.0 Å². The number of esters is 1. The fourth-order valence-electron chi connectivity index (χ4n) is 1.24. The fraction of sp³-hybridized carbons (Fsp3) is 0.667. The quantitative estimate of drug-likeness (QED) is 0.512. The van der Waals surface area contributed by atoms with Crippen LogP contribution in [0.15, 0.2) is 11.8 Å². The van der Waals surface area contributed by atoms with Gasteiger partial charge in [-0.05, 0) is 13.3 Å². The SMILES string of the molecule is C/C=C(\NC1CCOC1)C(=O)OC. The van der Waals surface area contributed by atoms with Crippen LogP contribution in [0.25, 0.3) is 0 Å². The molecule has 13 heavy (non-hydrogen) atoms. The van der Waals surface area contributed by atoms with Crippen molar-refractivity contribution in [2.45, 2.75) is 19.4 Å². The van der Waals surface area contributed by atoms with Crippen molar-refractivity contribution in [2.24, 2.45) is 0 Å². The number of hydrogen-bond donors (Lipinski definition) is 1. The van der Waals surface area contributed by atoms with Crippen LogP contribution in [0.4, 0.5) is 0 Å². The van der Waals surface area contributed by atoms with Gasteiger partial charge in [0.15, 0.2) is 0 Å². The van der Waals surface area contributed by atoms with Crippen LogP contribution in [0.1, 0.15) is 13.3 Å². The Balaban J connectivity index is 2.44. The van der Waals surface area contributed by atoms with Gasteiger partial charge in [0.05, 0.1) is 19.8 Å². The summed E-state index contributed by atoms with van der Waals surface area (Å²) in [5, 5.41) is 3.08. The fourth-order valence-corrected chi connectivity index (χ4v) is 1.24. The molecule has 0 aromatic rings. The molecule has 1 atom stereocenters. The van der Waals surface area contributed by atoms with Crippen molar-refractivity contribution in [2.75, 3.05) is 20.3 Å². The summed E-state index contributed by atoms with van der Waals surface area (Å²) in [5.41, 5.74) is 0.512. The van der Waals surface area contributed by atoms with Crippen LogP contribution >= 0.6 is 0 Å². The normalized spacial score (nSPS) is 22.9. The Bertz CT molecular complexity index is 207. The van der Waals surface area contributed by atoms with E-state index in [1.54, 1.807) is 13.0 Å². The van der Waals surface area contributed by atoms with Crippen molar-refractivity contribution in [3.05, 3.63) is 11.8 Å². The van der Waals surface area contributed by atoms with Crippen LogP contribution in [0, 0.1) is 0 Å². The molecule has 0 aromatic heterocycles. The maximum Gasteiger partial charge on any atom is 0.353 e. The predicted molar refractivity (Wildman–Crippen MR) is 48.1 cm³/mol. The van der Waals surface area contributed by atoms with Crippen molar-refractivity contribution < 1.29 is 14.3 Å². The highest BCUT2D eigenvalue weighted by atomic mass is 16.5. The minimum atomic E-state index is -0.325. The molecule has 1 saturated heterocycles. The number of carbonyl (C=O) groups excluding carboxylic acids is 1. The number of rotatable bonds is 3. The smallest absolute Gasteiger partial charge is 0.353 e. The number of allylic oxidation sites excluding steroid dienone is 1. The Morgan fingerprint density at radius 2 is 2.46 bits per heavy atom. The standard InChI is InChI=1S/C9H15NO3/c1-3-8(9(11)12-2)10-7-4-5-13-6-7/h3,7,10H,4-6H2,1-2H3/b8-3-. The molecule has 4 heteroatoms. The first-order chi connectivity index (χ1) is 6.27. The first kappa shape index (κ1) is 10.1. The molecular formula is C9H15NO3. The third-order valence-electron chi connectivity index (χ3n) is 1.98. The van der Waals surface area contributed by atoms with Gasteiger partial charge in [-0.1, -0.05) is 6.08 Å². The molecule has 1 aliphatic rings. The van der Waals surface area contributed by atoms with Gasteiger partial charge in [-0.2, -0.15) is 0 Å². The van der Waals surface area contributed by atoms with Gasteiger partial charge in [-0.25, -0.2) is 4.79 Å². The number of ether oxygens (including phenoxy) is 2. The largest absolute Gasteiger partial charge is 0.464 e. The van der Waals surface area contributed by atoms with Gasteiger partial charge in [-0.3, -0.25) is 0 Å². The topological polar surface area (TPSA) is 47.6 Å². The Kier molecular flexibility index (Phi) is 3.76. The summed E-state index contributed by atoms with van der Waals surface area (Å²) in [7, 11) is 1.37. The molecule has 0 radical (unpaired) electrons. The number of carbonyl (C=O) groups is 1. The molecule has 74 valence electrons. The van der Waals surface area contributed by atoms with E-state index in [1.165, 1.54) is 7.11 Å². The van der Waals surface area contributed by atoms with Gasteiger partial charge in [-0.15, -0.1) is 0 Å². The molecule has 1 heterocycles. The number of methoxy groups -OCH3 is 1. The summed E-state index contributed by atoms with van der Waals surface area (Å²) < 4.78 is 9.78. The molecule has 1 N–H and O–H groups in total. The molecule has 0 aromatic carbocycles. The summed E-state index contributed by atoms with van der Waals surface area (Å²) in [6.07, 6.45) is 2.65. The molecule has 1 rings (SSSR count). The van der Waals surface area contributed by atoms with Crippen molar-refractivity contribution in [1.82, 2.24) is 5.32 Å². The van der Waals surface area contributed by atoms with Crippen molar-refractivity contribution in [1.29, 1.82) is 0 Å². The highest BCUT2D eigenvalue weighted by Gasteiger charge is 2.18. The lowest BCUT2D eigenvalue weighted by atomic mass is 10.2. The summed E-state index contributed by atoms with van der Waals surface area (Å²) in [4.78, 5) is 11.1. The molecule has 4 nitrogen and oxygen atoms in total. The highest BCUT2D eigenvalue weighted by molar-refractivity contribution is 5.87. The number of nitrogens with one attached hydrogen (secondary N) is 1. The zero-order valence-electron chi connectivity index (χ0n) is 8.00. The Morgan fingerprint density at radius 3 is 2.92 bits per heavy atom. The van der Waals surface area contributed by atoms with Crippen LogP contribution in [0.5, 0.6) is 0 Å². The lowest BCUT2D eigenvalue weighted by Crippen LogP contribution is -2.32. The lowest BCUT2D eigenvalue weighted by molar-refractivity contribution is -0.136. The van der Waals surface area contributed by atoms with E-state index in [0.29, 0.717) is 12.3 Å². The van der Waals surface area contributed by atoms with Gasteiger partial charge in [0, 0.05) is 6.61 Å². The second-order valence-corrected chi connectivity index (χ2v) is 2.90. The average Bonchev–Trinajstić information content (AvgIpc) is 2.65. The van der Waals surface area contributed by atoms with E-state index in [1.807, 2.05) is 0 Å². The van der Waals surface area contributed by atoms with Crippen LogP contribution < -0.4 is 5.32 Å². The maximum atomic E-state index is 11.1. The van der Waals surface area contributed by atoms with Gasteiger partial charge in [0.2, 0.25) is 0 Å². The summed E-state index contributed by atoms with van der Waals surface area (Å²) in [6.45, 7) is 3.22. The zero-order valence-corrected chi connectivity index (χ0v) is 8.00. The third kappa shape index (κ3) is 2.73. The average molecular weight is 185 g/mol. The van der Waals surface area contributed by atoms with Crippen molar-refractivity contribution in [3.8, 4) is 0 Å². The molecular weight excluding hydrogens is 170 g/mol. The first-order valence-electron chi connectivity index (χ1n) is 4.37. The van der Waals surface area contributed by atoms with Crippen LogP contribution in [-0.4, -0.2) is 32.3 Å². The van der Waals surface area contributed by atoms with Crippen LogP contribution in [0.3, 0.4) is 0 Å². The monoisotopic (exact) mass is 185 g/mol.